The SMILES string of the molecule is Cc1cc(C2=NN(c3ccc(OC(F)(F)F)cc3)CO2)nn1Cc1cccc(C(=O)N2CCCC2)c1. The van der Waals surface area contributed by atoms with Gasteiger partial charge < -0.3 is 14.4 Å². The van der Waals surface area contributed by atoms with Gasteiger partial charge in [0.15, 0.2) is 6.73 Å². The number of aromatic nitrogens is 2. The van der Waals surface area contributed by atoms with Crippen molar-refractivity contribution in [3.05, 3.63) is 77.1 Å². The summed E-state index contributed by atoms with van der Waals surface area (Å²) >= 11 is 0. The van der Waals surface area contributed by atoms with E-state index in [0.29, 0.717) is 29.4 Å². The number of benzene rings is 2. The monoisotopic (exact) mass is 499 g/mol. The summed E-state index contributed by atoms with van der Waals surface area (Å²) in [7, 11) is 0. The number of hydrogen-bond acceptors (Lipinski definition) is 6. The molecule has 3 aromatic rings. The van der Waals surface area contributed by atoms with Gasteiger partial charge in [-0.2, -0.15) is 5.10 Å². The van der Waals surface area contributed by atoms with Gasteiger partial charge in [0, 0.05) is 24.3 Å². The Morgan fingerprint density at radius 2 is 1.83 bits per heavy atom. The molecule has 1 fully saturated rings. The number of halogens is 3. The van der Waals surface area contributed by atoms with E-state index < -0.39 is 6.36 Å². The van der Waals surface area contributed by atoms with Gasteiger partial charge in [0.2, 0.25) is 0 Å². The van der Waals surface area contributed by atoms with Crippen LogP contribution in [0.1, 0.15) is 40.2 Å². The molecule has 0 atom stereocenters. The van der Waals surface area contributed by atoms with Crippen LogP contribution in [0.2, 0.25) is 0 Å². The number of hydrazone groups is 1. The predicted octanol–water partition coefficient (Wildman–Crippen LogP) is 4.53. The van der Waals surface area contributed by atoms with E-state index in [4.69, 9.17) is 4.74 Å². The lowest BCUT2D eigenvalue weighted by molar-refractivity contribution is -0.274. The molecule has 2 aliphatic rings. The average Bonchev–Trinajstić information content (AvgIpc) is 3.60. The smallest absolute Gasteiger partial charge is 0.452 e. The number of anilines is 1. The molecule has 1 amide bonds. The number of rotatable bonds is 6. The van der Waals surface area contributed by atoms with Gasteiger partial charge in [-0.3, -0.25) is 9.48 Å². The van der Waals surface area contributed by atoms with Crippen molar-refractivity contribution < 1.29 is 27.4 Å². The van der Waals surface area contributed by atoms with E-state index in [1.807, 2.05) is 46.8 Å². The Balaban J connectivity index is 1.28. The average molecular weight is 499 g/mol. The quantitative estimate of drug-likeness (QED) is 0.499. The number of carbonyl (C=O) groups excluding carboxylic acids is 1. The predicted molar refractivity (Wildman–Crippen MR) is 126 cm³/mol. The van der Waals surface area contributed by atoms with Crippen molar-refractivity contribution in [2.75, 3.05) is 24.8 Å². The number of nitrogens with zero attached hydrogens (tertiary/aromatic N) is 5. The van der Waals surface area contributed by atoms with Crippen LogP contribution in [-0.2, 0) is 11.3 Å². The molecule has 188 valence electrons. The maximum atomic E-state index is 12.7. The first kappa shape index (κ1) is 23.7. The molecule has 5 rings (SSSR count). The number of hydrogen-bond donors (Lipinski definition) is 0. The van der Waals surface area contributed by atoms with Gasteiger partial charge in [-0.05, 0) is 67.8 Å². The van der Waals surface area contributed by atoms with Gasteiger partial charge in [0.05, 0.1) is 12.2 Å². The van der Waals surface area contributed by atoms with E-state index in [9.17, 15) is 18.0 Å². The Morgan fingerprint density at radius 3 is 2.56 bits per heavy atom. The zero-order valence-corrected chi connectivity index (χ0v) is 19.5. The van der Waals surface area contributed by atoms with E-state index in [-0.39, 0.29) is 18.4 Å². The Labute approximate surface area is 205 Å². The molecule has 1 aromatic heterocycles. The van der Waals surface area contributed by atoms with E-state index in [1.165, 1.54) is 29.3 Å². The number of likely N-dealkylation sites (tertiary alicyclic amines) is 1. The lowest BCUT2D eigenvalue weighted by Gasteiger charge is -2.15. The molecule has 0 unspecified atom stereocenters. The van der Waals surface area contributed by atoms with Crippen molar-refractivity contribution in [3.63, 3.8) is 0 Å². The Bertz CT molecular complexity index is 1280. The van der Waals surface area contributed by atoms with Crippen molar-refractivity contribution in [3.8, 4) is 5.75 Å². The fraction of sp³-hybridized carbons (Fsp3) is 0.320. The highest BCUT2D eigenvalue weighted by Crippen LogP contribution is 2.27. The Hall–Kier alpha value is -4.02. The molecule has 11 heteroatoms. The van der Waals surface area contributed by atoms with Crippen LogP contribution in [0.4, 0.5) is 18.9 Å². The molecule has 0 saturated carbocycles. The van der Waals surface area contributed by atoms with Gasteiger partial charge >= 0.3 is 6.36 Å². The molecule has 2 aliphatic heterocycles. The van der Waals surface area contributed by atoms with Crippen molar-refractivity contribution >= 4 is 17.5 Å². The minimum Gasteiger partial charge on any atom is -0.452 e. The Morgan fingerprint density at radius 1 is 1.08 bits per heavy atom. The molecular formula is C25H24F3N5O3. The highest BCUT2D eigenvalue weighted by molar-refractivity contribution is 5.95. The van der Waals surface area contributed by atoms with Crippen LogP contribution in [0.3, 0.4) is 0 Å². The fourth-order valence-electron chi connectivity index (χ4n) is 4.22. The van der Waals surface area contributed by atoms with Crippen LogP contribution >= 0.6 is 0 Å². The normalized spacial score (nSPS) is 15.7. The van der Waals surface area contributed by atoms with E-state index in [1.54, 1.807) is 0 Å². The lowest BCUT2D eigenvalue weighted by Crippen LogP contribution is -2.27. The fourth-order valence-corrected chi connectivity index (χ4v) is 4.22. The second kappa shape index (κ2) is 9.56. The van der Waals surface area contributed by atoms with Gasteiger partial charge in [0.1, 0.15) is 11.4 Å². The van der Waals surface area contributed by atoms with Crippen molar-refractivity contribution in [1.82, 2.24) is 14.7 Å². The minimum atomic E-state index is -4.75. The summed E-state index contributed by atoms with van der Waals surface area (Å²) in [5, 5.41) is 10.6. The van der Waals surface area contributed by atoms with Crippen molar-refractivity contribution in [2.45, 2.75) is 32.7 Å². The molecule has 3 heterocycles. The van der Waals surface area contributed by atoms with Crippen LogP contribution in [0.15, 0.2) is 59.7 Å². The molecule has 36 heavy (non-hydrogen) atoms. The summed E-state index contributed by atoms with van der Waals surface area (Å²) in [5.74, 6) is 0.0561. The molecule has 2 aromatic carbocycles. The number of amides is 1. The van der Waals surface area contributed by atoms with Crippen LogP contribution in [-0.4, -0.2) is 52.7 Å². The first-order valence-electron chi connectivity index (χ1n) is 11.5. The van der Waals surface area contributed by atoms with Crippen LogP contribution in [0.25, 0.3) is 0 Å². The largest absolute Gasteiger partial charge is 0.573 e. The number of carbonyl (C=O) groups is 1. The number of aryl methyl sites for hydroxylation is 1. The van der Waals surface area contributed by atoms with Crippen LogP contribution < -0.4 is 9.75 Å². The summed E-state index contributed by atoms with van der Waals surface area (Å²) in [4.78, 5) is 14.6. The van der Waals surface area contributed by atoms with E-state index >= 15 is 0 Å². The highest BCUT2D eigenvalue weighted by atomic mass is 19.4. The van der Waals surface area contributed by atoms with Crippen LogP contribution in [0.5, 0.6) is 5.75 Å². The van der Waals surface area contributed by atoms with E-state index in [2.05, 4.69) is 14.9 Å². The topological polar surface area (TPSA) is 72.2 Å². The second-order valence-electron chi connectivity index (χ2n) is 8.65. The van der Waals surface area contributed by atoms with Crippen molar-refractivity contribution in [1.29, 1.82) is 0 Å². The van der Waals surface area contributed by atoms with Crippen molar-refractivity contribution in [2.24, 2.45) is 5.10 Å². The van der Waals surface area contributed by atoms with Gasteiger partial charge in [-0.25, -0.2) is 5.01 Å². The molecule has 0 radical (unpaired) electrons. The third kappa shape index (κ3) is 5.29. The lowest BCUT2D eigenvalue weighted by atomic mass is 10.1. The highest BCUT2D eigenvalue weighted by Gasteiger charge is 2.31. The van der Waals surface area contributed by atoms with Crippen LogP contribution in [0, 0.1) is 6.92 Å². The summed E-state index contributed by atoms with van der Waals surface area (Å²) in [6.45, 7) is 4.10. The first-order chi connectivity index (χ1) is 17.2. The molecule has 0 N–H and O–H groups in total. The molecular weight excluding hydrogens is 475 g/mol. The molecule has 1 saturated heterocycles. The number of alkyl halides is 3. The molecule has 0 aliphatic carbocycles. The molecule has 8 nitrogen and oxygen atoms in total. The third-order valence-electron chi connectivity index (χ3n) is 6.00. The first-order valence-corrected chi connectivity index (χ1v) is 11.5. The third-order valence-corrected chi connectivity index (χ3v) is 6.00. The maximum absolute atomic E-state index is 12.7. The zero-order valence-electron chi connectivity index (χ0n) is 19.5. The zero-order chi connectivity index (χ0) is 25.3. The summed E-state index contributed by atoms with van der Waals surface area (Å²) in [6, 6.07) is 14.8. The van der Waals surface area contributed by atoms with Gasteiger partial charge in [0.25, 0.3) is 11.8 Å². The summed E-state index contributed by atoms with van der Waals surface area (Å²) in [5.41, 5.74) is 3.60. The minimum absolute atomic E-state index is 0.0547. The standard InChI is InChI=1S/C25H24F3N5O3/c1-17-13-22(23-30-33(16-35-23)20-7-9-21(10-8-20)36-25(26,27)28)29-32(17)15-18-5-4-6-19(14-18)24(34)31-11-2-3-12-31/h4-10,13-14H,2-3,11-12,15-16H2,1H3. The molecule has 0 bridgehead atoms. The second-order valence-corrected chi connectivity index (χ2v) is 8.65. The summed E-state index contributed by atoms with van der Waals surface area (Å²) < 4.78 is 48.5. The number of ether oxygens (including phenoxy) is 2. The Kier molecular flexibility index (Phi) is 6.29. The van der Waals surface area contributed by atoms with E-state index in [0.717, 1.165) is 37.2 Å². The van der Waals surface area contributed by atoms with Gasteiger partial charge in [-0.1, -0.05) is 12.1 Å². The maximum Gasteiger partial charge on any atom is 0.573 e. The summed E-state index contributed by atoms with van der Waals surface area (Å²) in [6.07, 6.45) is -2.66. The van der Waals surface area contributed by atoms with Gasteiger partial charge in [-0.15, -0.1) is 18.3 Å². The molecule has 0 spiro atoms.